The lowest BCUT2D eigenvalue weighted by Gasteiger charge is -2.35. The molecule has 1 saturated heterocycles. The molecule has 0 spiro atoms. The van der Waals surface area contributed by atoms with Crippen molar-refractivity contribution in [3.05, 3.63) is 48.3 Å². The number of unbranched alkanes of at least 4 members (excludes halogenated alkanes) is 1. The number of benzene rings is 1. The van der Waals surface area contributed by atoms with E-state index in [1.165, 1.54) is 10.1 Å². The smallest absolute Gasteiger partial charge is 0.267 e. The van der Waals surface area contributed by atoms with Crippen LogP contribution in [0.1, 0.15) is 23.3 Å². The molecule has 3 heterocycles. The molecule has 1 aromatic carbocycles. The number of primary amides is 1. The van der Waals surface area contributed by atoms with Gasteiger partial charge in [0.15, 0.2) is 0 Å². The average molecular weight is 412 g/mol. The van der Waals surface area contributed by atoms with Gasteiger partial charge >= 0.3 is 0 Å². The highest BCUT2D eigenvalue weighted by Crippen LogP contribution is 2.29. The summed E-state index contributed by atoms with van der Waals surface area (Å²) < 4.78 is 11.6. The number of pyridine rings is 1. The molecule has 4 rings (SSSR count). The normalized spacial score (nSPS) is 15.0. The van der Waals surface area contributed by atoms with Gasteiger partial charge in [-0.1, -0.05) is 12.1 Å². The van der Waals surface area contributed by atoms with Crippen molar-refractivity contribution in [2.75, 3.05) is 44.2 Å². The molecule has 152 valence electrons. The lowest BCUT2D eigenvalue weighted by atomic mass is 10.2. The number of piperazine rings is 1. The van der Waals surface area contributed by atoms with Crippen molar-refractivity contribution in [2.45, 2.75) is 12.8 Å². The van der Waals surface area contributed by atoms with E-state index < -0.39 is 5.91 Å². The molecular formula is C21H25N5O2S. The van der Waals surface area contributed by atoms with Gasteiger partial charge in [-0.2, -0.15) is 4.37 Å². The van der Waals surface area contributed by atoms with E-state index in [2.05, 4.69) is 43.4 Å². The van der Waals surface area contributed by atoms with Crippen LogP contribution in [-0.4, -0.2) is 59.5 Å². The number of hydrogen-bond acceptors (Lipinski definition) is 7. The van der Waals surface area contributed by atoms with Crippen LogP contribution in [0.2, 0.25) is 0 Å². The molecule has 29 heavy (non-hydrogen) atoms. The van der Waals surface area contributed by atoms with Crippen LogP contribution in [0.15, 0.2) is 42.6 Å². The summed E-state index contributed by atoms with van der Waals surface area (Å²) in [6.45, 7) is 5.82. The molecular weight excluding hydrogens is 386 g/mol. The van der Waals surface area contributed by atoms with Crippen LogP contribution in [0.5, 0.6) is 5.75 Å². The largest absolute Gasteiger partial charge is 0.493 e. The number of anilines is 1. The fourth-order valence-electron chi connectivity index (χ4n) is 3.55. The Labute approximate surface area is 174 Å². The summed E-state index contributed by atoms with van der Waals surface area (Å²) in [5.74, 6) is 1.23. The van der Waals surface area contributed by atoms with Gasteiger partial charge in [0, 0.05) is 43.8 Å². The third kappa shape index (κ3) is 4.83. The molecule has 8 heteroatoms. The Bertz CT molecular complexity index is 968. The summed E-state index contributed by atoms with van der Waals surface area (Å²) in [7, 11) is 0. The second kappa shape index (κ2) is 9.19. The summed E-state index contributed by atoms with van der Waals surface area (Å²) in [5.41, 5.74) is 5.47. The number of carbonyl (C=O) groups excluding carboxylic acids is 1. The fourth-order valence-corrected chi connectivity index (χ4v) is 4.34. The van der Waals surface area contributed by atoms with Gasteiger partial charge in [0.05, 0.1) is 11.3 Å². The molecule has 2 N–H and O–H groups in total. The highest BCUT2D eigenvalue weighted by atomic mass is 32.1. The Kier molecular flexibility index (Phi) is 6.21. The van der Waals surface area contributed by atoms with E-state index >= 15 is 0 Å². The first kappa shape index (κ1) is 19.6. The van der Waals surface area contributed by atoms with E-state index in [0.717, 1.165) is 51.4 Å². The maximum Gasteiger partial charge on any atom is 0.267 e. The molecule has 0 bridgehead atoms. The highest BCUT2D eigenvalue weighted by molar-refractivity contribution is 7.13. The summed E-state index contributed by atoms with van der Waals surface area (Å²) >= 11 is 1.58. The number of fused-ring (bicyclic) bond motifs is 1. The van der Waals surface area contributed by atoms with Crippen molar-refractivity contribution >= 4 is 33.3 Å². The van der Waals surface area contributed by atoms with Crippen LogP contribution >= 0.6 is 11.5 Å². The van der Waals surface area contributed by atoms with E-state index in [-0.39, 0.29) is 5.69 Å². The third-order valence-corrected chi connectivity index (χ3v) is 5.97. The molecule has 1 fully saturated rings. The number of aromatic nitrogens is 2. The Hall–Kier alpha value is -2.71. The summed E-state index contributed by atoms with van der Waals surface area (Å²) in [5, 5.41) is 1.26. The molecule has 0 unspecified atom stereocenters. The van der Waals surface area contributed by atoms with Crippen LogP contribution in [-0.2, 0) is 0 Å². The Morgan fingerprint density at radius 3 is 2.79 bits per heavy atom. The van der Waals surface area contributed by atoms with E-state index in [4.69, 9.17) is 10.5 Å². The van der Waals surface area contributed by atoms with Crippen molar-refractivity contribution in [3.8, 4) is 5.75 Å². The Balaban J connectivity index is 1.17. The predicted molar refractivity (Wildman–Crippen MR) is 116 cm³/mol. The number of nitrogens with zero attached hydrogens (tertiary/aromatic N) is 4. The predicted octanol–water partition coefficient (Wildman–Crippen LogP) is 2.77. The van der Waals surface area contributed by atoms with Gasteiger partial charge in [-0.25, -0.2) is 0 Å². The zero-order chi connectivity index (χ0) is 20.1. The highest BCUT2D eigenvalue weighted by Gasteiger charge is 2.20. The topological polar surface area (TPSA) is 84.6 Å². The summed E-state index contributed by atoms with van der Waals surface area (Å²) in [6, 6.07) is 11.8. The molecule has 0 aliphatic carbocycles. The lowest BCUT2D eigenvalue weighted by Crippen LogP contribution is -2.46. The van der Waals surface area contributed by atoms with E-state index in [1.807, 2.05) is 0 Å². The number of hydrogen-bond donors (Lipinski definition) is 1. The van der Waals surface area contributed by atoms with Crippen LogP contribution in [0, 0.1) is 0 Å². The number of amides is 1. The quantitative estimate of drug-likeness (QED) is 0.574. The fraction of sp³-hybridized carbons (Fsp3) is 0.381. The molecule has 1 aliphatic heterocycles. The molecule has 0 atom stereocenters. The van der Waals surface area contributed by atoms with Crippen molar-refractivity contribution < 1.29 is 9.53 Å². The first-order valence-corrected chi connectivity index (χ1v) is 10.7. The SMILES string of the molecule is NC(=O)c1cc(OCCCCN2CCN(c3nsc4ccccc34)CC2)ccn1. The van der Waals surface area contributed by atoms with Crippen molar-refractivity contribution in [1.82, 2.24) is 14.3 Å². The van der Waals surface area contributed by atoms with Crippen molar-refractivity contribution in [3.63, 3.8) is 0 Å². The van der Waals surface area contributed by atoms with Crippen molar-refractivity contribution in [1.29, 1.82) is 0 Å². The minimum absolute atomic E-state index is 0.230. The first-order chi connectivity index (χ1) is 14.2. The average Bonchev–Trinajstić information content (AvgIpc) is 3.18. The number of nitrogens with two attached hydrogens (primary N) is 1. The molecule has 0 radical (unpaired) electrons. The van der Waals surface area contributed by atoms with Crippen LogP contribution in [0.25, 0.3) is 10.1 Å². The standard InChI is InChI=1S/C21H25N5O2S/c22-20(27)18-15-16(7-8-23-18)28-14-4-3-9-25-10-12-26(13-11-25)21-17-5-1-2-6-19(17)29-24-21/h1-2,5-8,15H,3-4,9-14H2,(H2,22,27). The van der Waals surface area contributed by atoms with Gasteiger partial charge in [-0.15, -0.1) is 0 Å². The molecule has 1 aliphatic rings. The van der Waals surface area contributed by atoms with Gasteiger partial charge in [-0.05, 0) is 49.1 Å². The van der Waals surface area contributed by atoms with E-state index in [1.54, 1.807) is 29.9 Å². The second-order valence-electron chi connectivity index (χ2n) is 7.13. The number of rotatable bonds is 8. The molecule has 2 aromatic heterocycles. The molecule has 1 amide bonds. The number of carbonyl (C=O) groups is 1. The minimum Gasteiger partial charge on any atom is -0.493 e. The number of ether oxygens (including phenoxy) is 1. The minimum atomic E-state index is -0.541. The lowest BCUT2D eigenvalue weighted by molar-refractivity contribution is 0.0995. The Morgan fingerprint density at radius 1 is 1.14 bits per heavy atom. The third-order valence-electron chi connectivity index (χ3n) is 5.15. The van der Waals surface area contributed by atoms with Gasteiger partial charge in [-0.3, -0.25) is 14.7 Å². The zero-order valence-electron chi connectivity index (χ0n) is 16.3. The summed E-state index contributed by atoms with van der Waals surface area (Å²) in [4.78, 5) is 20.0. The van der Waals surface area contributed by atoms with E-state index in [9.17, 15) is 4.79 Å². The van der Waals surface area contributed by atoms with E-state index in [0.29, 0.717) is 12.4 Å². The Morgan fingerprint density at radius 2 is 1.97 bits per heavy atom. The van der Waals surface area contributed by atoms with Gasteiger partial charge < -0.3 is 15.4 Å². The molecule has 3 aromatic rings. The zero-order valence-corrected chi connectivity index (χ0v) is 17.1. The van der Waals surface area contributed by atoms with Gasteiger partial charge in [0.2, 0.25) is 0 Å². The molecule has 7 nitrogen and oxygen atoms in total. The van der Waals surface area contributed by atoms with Crippen molar-refractivity contribution in [2.24, 2.45) is 5.73 Å². The van der Waals surface area contributed by atoms with Gasteiger partial charge in [0.25, 0.3) is 5.91 Å². The first-order valence-electron chi connectivity index (χ1n) is 9.91. The van der Waals surface area contributed by atoms with Crippen LogP contribution < -0.4 is 15.4 Å². The maximum absolute atomic E-state index is 11.2. The monoisotopic (exact) mass is 411 g/mol. The van der Waals surface area contributed by atoms with Crippen LogP contribution in [0.3, 0.4) is 0 Å². The maximum atomic E-state index is 11.2. The van der Waals surface area contributed by atoms with Crippen LogP contribution in [0.4, 0.5) is 5.82 Å². The second-order valence-corrected chi connectivity index (χ2v) is 7.93. The van der Waals surface area contributed by atoms with Gasteiger partial charge in [0.1, 0.15) is 17.3 Å². The molecule has 0 saturated carbocycles. The summed E-state index contributed by atoms with van der Waals surface area (Å²) in [6.07, 6.45) is 3.58.